The van der Waals surface area contributed by atoms with Gasteiger partial charge in [-0.3, -0.25) is 4.79 Å². The zero-order chi connectivity index (χ0) is 16.7. The first-order valence-electron chi connectivity index (χ1n) is 7.58. The van der Waals surface area contributed by atoms with Crippen molar-refractivity contribution in [2.75, 3.05) is 32.9 Å². The first-order chi connectivity index (χ1) is 11.1. The van der Waals surface area contributed by atoms with E-state index >= 15 is 0 Å². The van der Waals surface area contributed by atoms with E-state index in [0.717, 1.165) is 12.2 Å². The Morgan fingerprint density at radius 1 is 1.26 bits per heavy atom. The molecular weight excluding hydrogens is 302 g/mol. The van der Waals surface area contributed by atoms with Gasteiger partial charge in [0, 0.05) is 6.54 Å². The maximum Gasteiger partial charge on any atom is 0.334 e. The Kier molecular flexibility index (Phi) is 6.22. The lowest BCUT2D eigenvalue weighted by atomic mass is 10.2. The van der Waals surface area contributed by atoms with Crippen molar-refractivity contribution in [2.24, 2.45) is 0 Å². The molecule has 0 radical (unpaired) electrons. The van der Waals surface area contributed by atoms with E-state index in [1.165, 1.54) is 4.90 Å². The van der Waals surface area contributed by atoms with Crippen LogP contribution < -0.4 is 9.47 Å². The molecule has 7 heteroatoms. The fraction of sp³-hybridized carbons (Fsp3) is 0.500. The van der Waals surface area contributed by atoms with E-state index in [1.54, 1.807) is 24.3 Å². The van der Waals surface area contributed by atoms with E-state index in [1.807, 2.05) is 6.92 Å². The van der Waals surface area contributed by atoms with Gasteiger partial charge >= 0.3 is 5.97 Å². The standard InChI is InChI=1S/C16H21NO6/c1-2-8-21-12-3-5-13(6-4-12)23-11-15(18)17-7-9-22-14(10-17)16(19)20/h3-6,14H,2,7-11H2,1H3,(H,19,20). The molecule has 0 aliphatic carbocycles. The van der Waals surface area contributed by atoms with Gasteiger partial charge in [0.25, 0.3) is 5.91 Å². The van der Waals surface area contributed by atoms with Crippen LogP contribution in [0.5, 0.6) is 11.5 Å². The van der Waals surface area contributed by atoms with Crippen LogP contribution >= 0.6 is 0 Å². The molecule has 126 valence electrons. The number of carboxylic acids is 1. The molecule has 1 fully saturated rings. The van der Waals surface area contributed by atoms with Crippen molar-refractivity contribution in [2.45, 2.75) is 19.4 Å². The van der Waals surface area contributed by atoms with Crippen molar-refractivity contribution in [1.29, 1.82) is 0 Å². The van der Waals surface area contributed by atoms with Crippen molar-refractivity contribution in [1.82, 2.24) is 4.90 Å². The van der Waals surface area contributed by atoms with Gasteiger partial charge in [-0.25, -0.2) is 4.79 Å². The lowest BCUT2D eigenvalue weighted by molar-refractivity contribution is -0.159. The SMILES string of the molecule is CCCOc1ccc(OCC(=O)N2CCOC(C(=O)O)C2)cc1. The van der Waals surface area contributed by atoms with Gasteiger partial charge in [0.15, 0.2) is 12.7 Å². The quantitative estimate of drug-likeness (QED) is 0.810. The Hall–Kier alpha value is -2.28. The molecule has 1 aliphatic rings. The summed E-state index contributed by atoms with van der Waals surface area (Å²) in [6.07, 6.45) is -0.0356. The zero-order valence-corrected chi connectivity index (χ0v) is 13.1. The highest BCUT2D eigenvalue weighted by molar-refractivity contribution is 5.79. The average Bonchev–Trinajstić information content (AvgIpc) is 2.58. The van der Waals surface area contributed by atoms with Gasteiger partial charge in [0.05, 0.1) is 19.8 Å². The average molecular weight is 323 g/mol. The molecule has 0 saturated carbocycles. The van der Waals surface area contributed by atoms with Crippen molar-refractivity contribution in [3.63, 3.8) is 0 Å². The maximum atomic E-state index is 12.1. The second-order valence-corrected chi connectivity index (χ2v) is 5.15. The normalized spacial score (nSPS) is 17.6. The fourth-order valence-corrected chi connectivity index (χ4v) is 2.11. The van der Waals surface area contributed by atoms with Crippen LogP contribution in [0.2, 0.25) is 0 Å². The van der Waals surface area contributed by atoms with E-state index in [0.29, 0.717) is 18.9 Å². The number of hydrogen-bond acceptors (Lipinski definition) is 5. The first-order valence-corrected chi connectivity index (χ1v) is 7.58. The number of benzene rings is 1. The van der Waals surface area contributed by atoms with Crippen LogP contribution in [0.4, 0.5) is 0 Å². The summed E-state index contributed by atoms with van der Waals surface area (Å²) >= 11 is 0. The number of nitrogens with zero attached hydrogens (tertiary/aromatic N) is 1. The van der Waals surface area contributed by atoms with Crippen molar-refractivity contribution in [3.8, 4) is 11.5 Å². The van der Waals surface area contributed by atoms with Gasteiger partial charge in [-0.1, -0.05) is 6.92 Å². The van der Waals surface area contributed by atoms with Crippen LogP contribution in [0.25, 0.3) is 0 Å². The van der Waals surface area contributed by atoms with E-state index in [9.17, 15) is 9.59 Å². The van der Waals surface area contributed by atoms with Crippen LogP contribution in [-0.2, 0) is 14.3 Å². The van der Waals surface area contributed by atoms with E-state index in [2.05, 4.69) is 0 Å². The highest BCUT2D eigenvalue weighted by atomic mass is 16.5. The highest BCUT2D eigenvalue weighted by Gasteiger charge is 2.28. The van der Waals surface area contributed by atoms with Gasteiger partial charge < -0.3 is 24.2 Å². The molecule has 0 bridgehead atoms. The number of ether oxygens (including phenoxy) is 3. The smallest absolute Gasteiger partial charge is 0.334 e. The van der Waals surface area contributed by atoms with Crippen molar-refractivity contribution < 1.29 is 28.9 Å². The summed E-state index contributed by atoms with van der Waals surface area (Å²) < 4.78 is 16.0. The topological polar surface area (TPSA) is 85.3 Å². The molecule has 7 nitrogen and oxygen atoms in total. The predicted octanol–water partition coefficient (Wildman–Crippen LogP) is 1.17. The molecule has 1 atom stereocenters. The van der Waals surface area contributed by atoms with Crippen LogP contribution in [-0.4, -0.2) is 60.9 Å². The Morgan fingerprint density at radius 3 is 2.52 bits per heavy atom. The Bertz CT molecular complexity index is 530. The number of rotatable bonds is 7. The summed E-state index contributed by atoms with van der Waals surface area (Å²) in [7, 11) is 0. The summed E-state index contributed by atoms with van der Waals surface area (Å²) in [5.74, 6) is -0.00908. The summed E-state index contributed by atoms with van der Waals surface area (Å²) in [5, 5.41) is 8.93. The minimum Gasteiger partial charge on any atom is -0.494 e. The molecule has 1 aromatic rings. The monoisotopic (exact) mass is 323 g/mol. The zero-order valence-electron chi connectivity index (χ0n) is 13.1. The van der Waals surface area contributed by atoms with E-state index < -0.39 is 12.1 Å². The fourth-order valence-electron chi connectivity index (χ4n) is 2.11. The lowest BCUT2D eigenvalue weighted by Gasteiger charge is -2.30. The van der Waals surface area contributed by atoms with Crippen LogP contribution in [0, 0.1) is 0 Å². The summed E-state index contributed by atoms with van der Waals surface area (Å²) in [6.45, 7) is 3.18. The number of carbonyl (C=O) groups is 2. The molecule has 23 heavy (non-hydrogen) atoms. The molecule has 0 aromatic heterocycles. The van der Waals surface area contributed by atoms with Crippen molar-refractivity contribution in [3.05, 3.63) is 24.3 Å². The number of carbonyl (C=O) groups excluding carboxylic acids is 1. The van der Waals surface area contributed by atoms with Crippen molar-refractivity contribution >= 4 is 11.9 Å². The Morgan fingerprint density at radius 2 is 1.91 bits per heavy atom. The van der Waals surface area contributed by atoms with Crippen LogP contribution in [0.15, 0.2) is 24.3 Å². The van der Waals surface area contributed by atoms with Gasteiger partial charge in [0.2, 0.25) is 0 Å². The molecule has 1 aromatic carbocycles. The first kappa shape index (κ1) is 17.1. The van der Waals surface area contributed by atoms with Gasteiger partial charge in [0.1, 0.15) is 11.5 Å². The number of hydrogen-bond donors (Lipinski definition) is 1. The predicted molar refractivity (Wildman–Crippen MR) is 81.7 cm³/mol. The maximum absolute atomic E-state index is 12.1. The number of carboxylic acid groups (broad SMARTS) is 1. The molecule has 0 spiro atoms. The summed E-state index contributed by atoms with van der Waals surface area (Å²) in [6, 6.07) is 7.03. The second-order valence-electron chi connectivity index (χ2n) is 5.15. The lowest BCUT2D eigenvalue weighted by Crippen LogP contribution is -2.49. The summed E-state index contributed by atoms with van der Waals surface area (Å²) in [5.41, 5.74) is 0. The van der Waals surface area contributed by atoms with E-state index in [4.69, 9.17) is 19.3 Å². The van der Waals surface area contributed by atoms with Gasteiger partial charge in [-0.2, -0.15) is 0 Å². The third-order valence-corrected chi connectivity index (χ3v) is 3.35. The molecule has 1 heterocycles. The Labute approximate surface area is 134 Å². The molecule has 1 saturated heterocycles. The number of amides is 1. The molecular formula is C16H21NO6. The second kappa shape index (κ2) is 8.38. The van der Waals surface area contributed by atoms with Crippen LogP contribution in [0.3, 0.4) is 0 Å². The molecule has 1 aliphatic heterocycles. The minimum absolute atomic E-state index is 0.0430. The highest BCUT2D eigenvalue weighted by Crippen LogP contribution is 2.18. The number of aliphatic carboxylic acids is 1. The molecule has 1 amide bonds. The van der Waals surface area contributed by atoms with E-state index in [-0.39, 0.29) is 25.7 Å². The van der Waals surface area contributed by atoms with Gasteiger partial charge in [-0.05, 0) is 30.7 Å². The molecule has 1 N–H and O–H groups in total. The Balaban J connectivity index is 1.80. The van der Waals surface area contributed by atoms with Crippen LogP contribution in [0.1, 0.15) is 13.3 Å². The third-order valence-electron chi connectivity index (χ3n) is 3.35. The molecule has 2 rings (SSSR count). The third kappa shape index (κ3) is 5.14. The largest absolute Gasteiger partial charge is 0.494 e. The minimum atomic E-state index is -1.06. The summed E-state index contributed by atoms with van der Waals surface area (Å²) in [4.78, 5) is 24.4. The van der Waals surface area contributed by atoms with Gasteiger partial charge in [-0.15, -0.1) is 0 Å². The molecule has 1 unspecified atom stereocenters. The number of morpholine rings is 1.